The summed E-state index contributed by atoms with van der Waals surface area (Å²) < 4.78 is 0. The van der Waals surface area contributed by atoms with E-state index in [2.05, 4.69) is 153 Å². The van der Waals surface area contributed by atoms with E-state index in [1.54, 1.807) is 0 Å². The molecular formula is C43H38N2. The third-order valence-electron chi connectivity index (χ3n) is 9.10. The van der Waals surface area contributed by atoms with E-state index in [0.29, 0.717) is 0 Å². The maximum Gasteiger partial charge on any atom is 0.160 e. The lowest BCUT2D eigenvalue weighted by molar-refractivity contribution is 0.641. The Hall–Kier alpha value is -5.08. The summed E-state index contributed by atoms with van der Waals surface area (Å²) in [4.78, 5) is 10.1. The normalized spacial score (nSPS) is 14.6. The molecule has 2 nitrogen and oxygen atoms in total. The molecule has 2 aliphatic rings. The van der Waals surface area contributed by atoms with Gasteiger partial charge >= 0.3 is 0 Å². The molecule has 1 heterocycles. The molecule has 0 atom stereocenters. The van der Waals surface area contributed by atoms with Gasteiger partial charge < -0.3 is 0 Å². The second-order valence-electron chi connectivity index (χ2n) is 12.5. The molecular weight excluding hydrogens is 544 g/mol. The predicted molar refractivity (Wildman–Crippen MR) is 190 cm³/mol. The van der Waals surface area contributed by atoms with Crippen LogP contribution in [-0.4, -0.2) is 9.97 Å². The maximum absolute atomic E-state index is 5.04. The minimum absolute atomic E-state index is 0.156. The van der Waals surface area contributed by atoms with Gasteiger partial charge in [0.1, 0.15) is 0 Å². The Kier molecular flexibility index (Phi) is 7.96. The van der Waals surface area contributed by atoms with Gasteiger partial charge in [-0.15, -0.1) is 0 Å². The third kappa shape index (κ3) is 6.14. The summed E-state index contributed by atoms with van der Waals surface area (Å²) in [5.41, 5.74) is 12.7. The number of hydrogen-bond donors (Lipinski definition) is 0. The molecule has 0 N–H and O–H groups in total. The monoisotopic (exact) mass is 582 g/mol. The second kappa shape index (κ2) is 12.5. The van der Waals surface area contributed by atoms with Crippen molar-refractivity contribution in [2.24, 2.45) is 0 Å². The Morgan fingerprint density at radius 3 is 1.56 bits per heavy atom. The van der Waals surface area contributed by atoms with Crippen molar-refractivity contribution in [3.8, 4) is 33.8 Å². The van der Waals surface area contributed by atoms with Crippen molar-refractivity contribution in [3.05, 3.63) is 168 Å². The lowest BCUT2D eigenvalue weighted by atomic mass is 9.77. The fourth-order valence-electron chi connectivity index (χ4n) is 6.25. The summed E-state index contributed by atoms with van der Waals surface area (Å²) in [6, 6.07) is 39.3. The average molecular weight is 583 g/mol. The first-order valence-corrected chi connectivity index (χ1v) is 16.1. The number of allylic oxidation sites excluding steroid dienone is 8. The average Bonchev–Trinajstić information content (AvgIpc) is 3.13. The van der Waals surface area contributed by atoms with Crippen LogP contribution in [0.3, 0.4) is 0 Å². The van der Waals surface area contributed by atoms with E-state index < -0.39 is 0 Å². The minimum Gasteiger partial charge on any atom is -0.228 e. The van der Waals surface area contributed by atoms with Gasteiger partial charge in [-0.2, -0.15) is 0 Å². The van der Waals surface area contributed by atoms with Crippen LogP contribution < -0.4 is 0 Å². The predicted octanol–water partition coefficient (Wildman–Crippen LogP) is 11.3. The zero-order valence-electron chi connectivity index (χ0n) is 26.1. The van der Waals surface area contributed by atoms with Gasteiger partial charge in [-0.3, -0.25) is 0 Å². The van der Waals surface area contributed by atoms with Gasteiger partial charge in [0.15, 0.2) is 5.82 Å². The lowest BCUT2D eigenvalue weighted by Gasteiger charge is -2.26. The van der Waals surface area contributed by atoms with Crippen molar-refractivity contribution in [1.82, 2.24) is 9.97 Å². The summed E-state index contributed by atoms with van der Waals surface area (Å²) in [7, 11) is 0. The van der Waals surface area contributed by atoms with Gasteiger partial charge in [0.05, 0.1) is 11.4 Å². The van der Waals surface area contributed by atoms with Crippen LogP contribution in [0.25, 0.3) is 44.9 Å². The highest BCUT2D eigenvalue weighted by Crippen LogP contribution is 2.35. The Balaban J connectivity index is 1.14. The topological polar surface area (TPSA) is 25.8 Å². The van der Waals surface area contributed by atoms with Crippen LogP contribution in [0.1, 0.15) is 61.9 Å². The number of nitrogens with zero attached hydrogens (tertiary/aromatic N) is 2. The summed E-state index contributed by atoms with van der Waals surface area (Å²) in [5.74, 6) is 0.752. The molecule has 0 spiro atoms. The van der Waals surface area contributed by atoms with Crippen molar-refractivity contribution >= 4 is 11.1 Å². The van der Waals surface area contributed by atoms with Crippen molar-refractivity contribution in [2.75, 3.05) is 0 Å². The Morgan fingerprint density at radius 2 is 0.978 bits per heavy atom. The van der Waals surface area contributed by atoms with Crippen LogP contribution in [-0.2, 0) is 5.41 Å². The largest absolute Gasteiger partial charge is 0.228 e. The van der Waals surface area contributed by atoms with E-state index in [0.717, 1.165) is 59.6 Å². The molecule has 0 saturated carbocycles. The van der Waals surface area contributed by atoms with Crippen molar-refractivity contribution in [2.45, 2.75) is 44.9 Å². The Bertz CT molecular complexity index is 1920. The molecule has 4 aromatic carbocycles. The highest BCUT2D eigenvalue weighted by Gasteiger charge is 2.23. The lowest BCUT2D eigenvalue weighted by Crippen LogP contribution is -2.18. The molecule has 2 aliphatic carbocycles. The van der Waals surface area contributed by atoms with Crippen LogP contribution >= 0.6 is 0 Å². The first kappa shape index (κ1) is 28.7. The molecule has 1 aromatic heterocycles. The number of rotatable bonds is 7. The van der Waals surface area contributed by atoms with Gasteiger partial charge in [-0.1, -0.05) is 153 Å². The van der Waals surface area contributed by atoms with E-state index >= 15 is 0 Å². The van der Waals surface area contributed by atoms with Crippen molar-refractivity contribution in [1.29, 1.82) is 0 Å². The molecule has 0 fully saturated rings. The fraction of sp³-hybridized carbons (Fsp3) is 0.163. The molecule has 2 heteroatoms. The highest BCUT2D eigenvalue weighted by atomic mass is 14.9. The number of hydrogen-bond acceptors (Lipinski definition) is 2. The summed E-state index contributed by atoms with van der Waals surface area (Å²) in [6.07, 6.45) is 17.9. The first-order valence-electron chi connectivity index (χ1n) is 16.1. The molecule has 0 amide bonds. The van der Waals surface area contributed by atoms with Gasteiger partial charge in [0.25, 0.3) is 0 Å². The Morgan fingerprint density at radius 1 is 0.467 bits per heavy atom. The molecule has 7 rings (SSSR count). The highest BCUT2D eigenvalue weighted by molar-refractivity contribution is 5.78. The summed E-state index contributed by atoms with van der Waals surface area (Å²) >= 11 is 0. The molecule has 45 heavy (non-hydrogen) atoms. The maximum atomic E-state index is 5.04. The number of benzene rings is 4. The molecule has 0 radical (unpaired) electrons. The SMILES string of the molecule is CC(C)(c1ccc(-c2ccc(C3=CCCC=C3)cc2)cc1)c1ccc(-c2nc(C3=CCCC=C3)cc(-c3ccccc3)n2)cc1. The molecule has 0 unspecified atom stereocenters. The molecule has 5 aromatic rings. The smallest absolute Gasteiger partial charge is 0.160 e. The molecule has 0 saturated heterocycles. The van der Waals surface area contributed by atoms with Gasteiger partial charge in [-0.25, -0.2) is 9.97 Å². The van der Waals surface area contributed by atoms with E-state index in [9.17, 15) is 0 Å². The zero-order chi connectivity index (χ0) is 30.6. The summed E-state index contributed by atoms with van der Waals surface area (Å²) in [6.45, 7) is 4.59. The first-order chi connectivity index (χ1) is 22.0. The van der Waals surface area contributed by atoms with E-state index in [1.165, 1.54) is 33.4 Å². The second-order valence-corrected chi connectivity index (χ2v) is 12.5. The van der Waals surface area contributed by atoms with E-state index in [-0.39, 0.29) is 5.41 Å². The quantitative estimate of drug-likeness (QED) is 0.191. The zero-order valence-corrected chi connectivity index (χ0v) is 26.1. The van der Waals surface area contributed by atoms with Gasteiger partial charge in [-0.05, 0) is 70.7 Å². The van der Waals surface area contributed by atoms with E-state index in [1.807, 2.05) is 6.07 Å². The third-order valence-corrected chi connectivity index (χ3v) is 9.10. The molecule has 0 aliphatic heterocycles. The van der Waals surface area contributed by atoms with E-state index in [4.69, 9.17) is 9.97 Å². The van der Waals surface area contributed by atoms with Gasteiger partial charge in [0.2, 0.25) is 0 Å². The standard InChI is InChI=1S/C43H38N2/c1-43(2,38-26-22-34(23-27-38)33-20-18-32(19-21-33)31-12-6-3-7-13-31)39-28-24-37(25-29-39)42-44-40(35-14-8-4-9-15-35)30-41(45-42)36-16-10-5-11-17-36/h4,6,8-10,12-30H,3,5,7,11H2,1-2H3. The number of aromatic nitrogens is 2. The van der Waals surface area contributed by atoms with Crippen LogP contribution in [0.2, 0.25) is 0 Å². The summed E-state index contributed by atoms with van der Waals surface area (Å²) in [5, 5.41) is 0. The fourth-order valence-corrected chi connectivity index (χ4v) is 6.25. The molecule has 220 valence electrons. The van der Waals surface area contributed by atoms with Crippen LogP contribution in [0.4, 0.5) is 0 Å². The van der Waals surface area contributed by atoms with Crippen LogP contribution in [0.5, 0.6) is 0 Å². The van der Waals surface area contributed by atoms with Gasteiger partial charge in [0, 0.05) is 16.5 Å². The minimum atomic E-state index is -0.156. The Labute approximate surface area is 267 Å². The van der Waals surface area contributed by atoms with Crippen LogP contribution in [0.15, 0.2) is 146 Å². The van der Waals surface area contributed by atoms with Crippen molar-refractivity contribution < 1.29 is 0 Å². The van der Waals surface area contributed by atoms with Crippen molar-refractivity contribution in [3.63, 3.8) is 0 Å². The molecule has 0 bridgehead atoms. The van der Waals surface area contributed by atoms with Crippen LogP contribution in [0, 0.1) is 0 Å².